The second-order valence-electron chi connectivity index (χ2n) is 5.30. The van der Waals surface area contributed by atoms with Crippen LogP contribution in [0.15, 0.2) is 0 Å². The Balaban J connectivity index is 1.87. The molecule has 0 radical (unpaired) electrons. The first kappa shape index (κ1) is 9.47. The largest absolute Gasteiger partial charge is 0.316 e. The van der Waals surface area contributed by atoms with E-state index in [1.807, 2.05) is 0 Å². The van der Waals surface area contributed by atoms with Gasteiger partial charge in [0.2, 0.25) is 0 Å². The molecule has 0 bridgehead atoms. The minimum Gasteiger partial charge on any atom is -0.316 e. The fraction of sp³-hybridized carbons (Fsp3) is 1.00. The van der Waals surface area contributed by atoms with Gasteiger partial charge in [-0.15, -0.1) is 0 Å². The highest BCUT2D eigenvalue weighted by atomic mass is 15.0. The molecular formula is C11H22N2. The van der Waals surface area contributed by atoms with E-state index in [9.17, 15) is 0 Å². The summed E-state index contributed by atoms with van der Waals surface area (Å²) in [6, 6.07) is 1.57. The van der Waals surface area contributed by atoms with E-state index in [0.29, 0.717) is 5.41 Å². The number of hydrogen-bond donors (Lipinski definition) is 2. The van der Waals surface area contributed by atoms with Crippen LogP contribution in [0.2, 0.25) is 0 Å². The highest BCUT2D eigenvalue weighted by Gasteiger charge is 2.34. The van der Waals surface area contributed by atoms with Gasteiger partial charge in [-0.1, -0.05) is 20.3 Å². The molecule has 1 aliphatic heterocycles. The van der Waals surface area contributed by atoms with Crippen LogP contribution in [0.5, 0.6) is 0 Å². The van der Waals surface area contributed by atoms with Crippen LogP contribution in [0.1, 0.15) is 39.5 Å². The Hall–Kier alpha value is -0.0800. The van der Waals surface area contributed by atoms with E-state index in [0.717, 1.165) is 18.6 Å². The van der Waals surface area contributed by atoms with Crippen LogP contribution in [0, 0.1) is 5.41 Å². The molecule has 1 saturated heterocycles. The molecule has 0 aromatic heterocycles. The lowest BCUT2D eigenvalue weighted by Crippen LogP contribution is -2.56. The predicted molar refractivity (Wildman–Crippen MR) is 55.8 cm³/mol. The van der Waals surface area contributed by atoms with Crippen molar-refractivity contribution in [1.82, 2.24) is 10.6 Å². The van der Waals surface area contributed by atoms with Crippen LogP contribution in [0.3, 0.4) is 0 Å². The number of piperidine rings is 1. The van der Waals surface area contributed by atoms with Gasteiger partial charge in [-0.3, -0.25) is 0 Å². The molecule has 1 atom stereocenters. The van der Waals surface area contributed by atoms with Gasteiger partial charge in [-0.25, -0.2) is 0 Å². The van der Waals surface area contributed by atoms with Crippen LogP contribution < -0.4 is 10.6 Å². The summed E-state index contributed by atoms with van der Waals surface area (Å²) < 4.78 is 0. The lowest BCUT2D eigenvalue weighted by Gasteiger charge is -2.43. The van der Waals surface area contributed by atoms with Gasteiger partial charge in [-0.2, -0.15) is 0 Å². The maximum absolute atomic E-state index is 3.81. The lowest BCUT2D eigenvalue weighted by molar-refractivity contribution is 0.151. The highest BCUT2D eigenvalue weighted by Crippen LogP contribution is 2.28. The van der Waals surface area contributed by atoms with Gasteiger partial charge >= 0.3 is 0 Å². The highest BCUT2D eigenvalue weighted by molar-refractivity contribution is 4.93. The average molecular weight is 182 g/mol. The molecule has 1 heterocycles. The summed E-state index contributed by atoms with van der Waals surface area (Å²) in [6.07, 6.45) is 5.53. The molecule has 13 heavy (non-hydrogen) atoms. The van der Waals surface area contributed by atoms with Crippen molar-refractivity contribution < 1.29 is 0 Å². The van der Waals surface area contributed by atoms with E-state index >= 15 is 0 Å². The smallest absolute Gasteiger partial charge is 0.0145 e. The molecule has 2 N–H and O–H groups in total. The third-order valence-corrected chi connectivity index (χ3v) is 3.68. The van der Waals surface area contributed by atoms with E-state index in [4.69, 9.17) is 0 Å². The third kappa shape index (κ3) is 2.05. The zero-order valence-electron chi connectivity index (χ0n) is 8.90. The Morgan fingerprint density at radius 3 is 2.54 bits per heavy atom. The first-order valence-corrected chi connectivity index (χ1v) is 5.65. The molecule has 2 fully saturated rings. The molecule has 76 valence electrons. The molecule has 2 rings (SSSR count). The van der Waals surface area contributed by atoms with Gasteiger partial charge in [0.05, 0.1) is 0 Å². The van der Waals surface area contributed by atoms with Crippen molar-refractivity contribution in [3.8, 4) is 0 Å². The Kier molecular flexibility index (Phi) is 2.61. The molecule has 0 aromatic rings. The molecule has 0 spiro atoms. The Morgan fingerprint density at radius 1 is 1.23 bits per heavy atom. The zero-order valence-corrected chi connectivity index (χ0v) is 8.90. The van der Waals surface area contributed by atoms with Crippen molar-refractivity contribution in [3.63, 3.8) is 0 Å². The minimum absolute atomic E-state index is 0.438. The van der Waals surface area contributed by atoms with Gasteiger partial charge in [0, 0.05) is 18.6 Å². The van der Waals surface area contributed by atoms with Crippen molar-refractivity contribution >= 4 is 0 Å². The second kappa shape index (κ2) is 3.58. The topological polar surface area (TPSA) is 24.1 Å². The second-order valence-corrected chi connectivity index (χ2v) is 5.30. The van der Waals surface area contributed by atoms with E-state index in [-0.39, 0.29) is 0 Å². The van der Waals surface area contributed by atoms with Crippen LogP contribution >= 0.6 is 0 Å². The summed E-state index contributed by atoms with van der Waals surface area (Å²) in [7, 11) is 0. The normalized spacial score (nSPS) is 34.2. The summed E-state index contributed by atoms with van der Waals surface area (Å²) in [5.41, 5.74) is 0.438. The molecule has 1 saturated carbocycles. The van der Waals surface area contributed by atoms with E-state index < -0.39 is 0 Å². The molecule has 2 aliphatic rings. The van der Waals surface area contributed by atoms with Gasteiger partial charge in [-0.05, 0) is 31.2 Å². The molecule has 0 amide bonds. The fourth-order valence-corrected chi connectivity index (χ4v) is 2.34. The van der Waals surface area contributed by atoms with Crippen LogP contribution in [-0.4, -0.2) is 25.2 Å². The lowest BCUT2D eigenvalue weighted by atomic mass is 9.78. The average Bonchev–Trinajstić information content (AvgIpc) is 1.98. The standard InChI is InChI=1S/C11H22N2/c1-11(2)8-12-7-6-10(11)13-9-4-3-5-9/h9-10,12-13H,3-8H2,1-2H3. The van der Waals surface area contributed by atoms with Crippen molar-refractivity contribution in [2.24, 2.45) is 5.41 Å². The van der Waals surface area contributed by atoms with Crippen molar-refractivity contribution in [1.29, 1.82) is 0 Å². The van der Waals surface area contributed by atoms with Crippen LogP contribution in [0.25, 0.3) is 0 Å². The molecule has 0 aromatic carbocycles. The predicted octanol–water partition coefficient (Wildman–Crippen LogP) is 1.52. The molecule has 1 unspecified atom stereocenters. The van der Waals surface area contributed by atoms with Crippen LogP contribution in [-0.2, 0) is 0 Å². The Labute approximate surface area is 81.5 Å². The quantitative estimate of drug-likeness (QED) is 0.676. The summed E-state index contributed by atoms with van der Waals surface area (Å²) in [5, 5.41) is 7.28. The van der Waals surface area contributed by atoms with Gasteiger partial charge in [0.25, 0.3) is 0 Å². The third-order valence-electron chi connectivity index (χ3n) is 3.68. The Morgan fingerprint density at radius 2 is 2.00 bits per heavy atom. The van der Waals surface area contributed by atoms with Gasteiger partial charge in [0.1, 0.15) is 0 Å². The van der Waals surface area contributed by atoms with Crippen molar-refractivity contribution in [3.05, 3.63) is 0 Å². The molecule has 2 nitrogen and oxygen atoms in total. The van der Waals surface area contributed by atoms with E-state index in [1.165, 1.54) is 32.2 Å². The maximum Gasteiger partial charge on any atom is 0.0145 e. The first-order valence-electron chi connectivity index (χ1n) is 5.65. The van der Waals surface area contributed by atoms with Crippen LogP contribution in [0.4, 0.5) is 0 Å². The molecular weight excluding hydrogens is 160 g/mol. The first-order chi connectivity index (χ1) is 6.18. The monoisotopic (exact) mass is 182 g/mol. The number of hydrogen-bond acceptors (Lipinski definition) is 2. The van der Waals surface area contributed by atoms with Gasteiger partial charge in [0.15, 0.2) is 0 Å². The van der Waals surface area contributed by atoms with E-state index in [1.54, 1.807) is 0 Å². The SMILES string of the molecule is CC1(C)CNCCC1NC1CCC1. The minimum atomic E-state index is 0.438. The van der Waals surface area contributed by atoms with Crippen molar-refractivity contribution in [2.45, 2.75) is 51.6 Å². The number of rotatable bonds is 2. The number of nitrogens with one attached hydrogen (secondary N) is 2. The zero-order chi connectivity index (χ0) is 9.31. The summed E-state index contributed by atoms with van der Waals surface area (Å²) in [5.74, 6) is 0. The van der Waals surface area contributed by atoms with E-state index in [2.05, 4.69) is 24.5 Å². The maximum atomic E-state index is 3.81. The molecule has 1 aliphatic carbocycles. The Bertz CT molecular complexity index is 173. The molecule has 2 heteroatoms. The summed E-state index contributed by atoms with van der Waals surface area (Å²) in [4.78, 5) is 0. The summed E-state index contributed by atoms with van der Waals surface area (Å²) in [6.45, 7) is 7.09. The summed E-state index contributed by atoms with van der Waals surface area (Å²) >= 11 is 0. The van der Waals surface area contributed by atoms with Gasteiger partial charge < -0.3 is 10.6 Å². The van der Waals surface area contributed by atoms with Crippen molar-refractivity contribution in [2.75, 3.05) is 13.1 Å². The fourth-order valence-electron chi connectivity index (χ4n) is 2.34.